The fourth-order valence-electron chi connectivity index (χ4n) is 3.99. The fourth-order valence-corrected chi connectivity index (χ4v) is 3.99. The van der Waals surface area contributed by atoms with E-state index in [-0.39, 0.29) is 5.54 Å². The Bertz CT molecular complexity index is 289. The van der Waals surface area contributed by atoms with Crippen molar-refractivity contribution in [3.63, 3.8) is 0 Å². The Morgan fingerprint density at radius 1 is 1.25 bits per heavy atom. The fraction of sp³-hybridized carbons (Fsp3) is 1.00. The van der Waals surface area contributed by atoms with Crippen LogP contribution in [0.5, 0.6) is 0 Å². The van der Waals surface area contributed by atoms with Crippen molar-refractivity contribution in [1.82, 2.24) is 15.1 Å². The summed E-state index contributed by atoms with van der Waals surface area (Å²) in [5, 5.41) is 13.6. The van der Waals surface area contributed by atoms with Gasteiger partial charge in [0.25, 0.3) is 0 Å². The lowest BCUT2D eigenvalue weighted by molar-refractivity contribution is 0.0940. The Balaban J connectivity index is 1.84. The zero-order chi connectivity index (χ0) is 14.6. The van der Waals surface area contributed by atoms with Gasteiger partial charge in [0.15, 0.2) is 0 Å². The summed E-state index contributed by atoms with van der Waals surface area (Å²) < 4.78 is 0. The van der Waals surface area contributed by atoms with Crippen molar-refractivity contribution in [1.29, 1.82) is 0 Å². The predicted molar refractivity (Wildman–Crippen MR) is 84.0 cm³/mol. The van der Waals surface area contributed by atoms with Crippen LogP contribution >= 0.6 is 0 Å². The normalized spacial score (nSPS) is 33.1. The van der Waals surface area contributed by atoms with Crippen molar-refractivity contribution in [3.05, 3.63) is 0 Å². The van der Waals surface area contributed by atoms with Crippen LogP contribution in [0.1, 0.15) is 39.5 Å². The highest BCUT2D eigenvalue weighted by molar-refractivity contribution is 5.00. The van der Waals surface area contributed by atoms with Crippen LogP contribution < -0.4 is 5.32 Å². The SMILES string of the molecule is CC(C)NC1(CO)CCCC1CCN1CCN(C)CC1. The molecule has 2 fully saturated rings. The van der Waals surface area contributed by atoms with Gasteiger partial charge in [-0.2, -0.15) is 0 Å². The lowest BCUT2D eigenvalue weighted by atomic mass is 9.84. The highest BCUT2D eigenvalue weighted by Crippen LogP contribution is 2.38. The van der Waals surface area contributed by atoms with Gasteiger partial charge in [-0.05, 0) is 38.8 Å². The van der Waals surface area contributed by atoms with Gasteiger partial charge < -0.3 is 20.2 Å². The van der Waals surface area contributed by atoms with Crippen LogP contribution in [0.25, 0.3) is 0 Å². The molecule has 2 atom stereocenters. The molecule has 4 nitrogen and oxygen atoms in total. The van der Waals surface area contributed by atoms with E-state index in [2.05, 4.69) is 36.0 Å². The first-order valence-electron chi connectivity index (χ1n) is 8.35. The molecule has 0 amide bonds. The Kier molecular flexibility index (Phi) is 5.84. The molecule has 2 unspecified atom stereocenters. The predicted octanol–water partition coefficient (Wildman–Crippen LogP) is 1.15. The van der Waals surface area contributed by atoms with Gasteiger partial charge in [0.1, 0.15) is 0 Å². The number of aliphatic hydroxyl groups excluding tert-OH is 1. The van der Waals surface area contributed by atoms with E-state index in [4.69, 9.17) is 0 Å². The van der Waals surface area contributed by atoms with E-state index in [1.54, 1.807) is 0 Å². The molecule has 0 radical (unpaired) electrons. The maximum absolute atomic E-state index is 9.92. The van der Waals surface area contributed by atoms with Crippen LogP contribution in [0, 0.1) is 5.92 Å². The summed E-state index contributed by atoms with van der Waals surface area (Å²) in [6, 6.07) is 0.450. The summed E-state index contributed by atoms with van der Waals surface area (Å²) >= 11 is 0. The van der Waals surface area contributed by atoms with E-state index in [0.29, 0.717) is 18.6 Å². The first-order chi connectivity index (χ1) is 9.55. The van der Waals surface area contributed by atoms with E-state index in [9.17, 15) is 5.11 Å². The van der Waals surface area contributed by atoms with Gasteiger partial charge in [-0.3, -0.25) is 0 Å². The molecule has 0 aromatic carbocycles. The lowest BCUT2D eigenvalue weighted by Gasteiger charge is -2.39. The molecule has 2 N–H and O–H groups in total. The summed E-state index contributed by atoms with van der Waals surface area (Å²) in [5.41, 5.74) is -0.0131. The number of likely N-dealkylation sites (N-methyl/N-ethyl adjacent to an activating group) is 1. The average Bonchev–Trinajstić information content (AvgIpc) is 2.81. The second kappa shape index (κ2) is 7.21. The molecule has 1 saturated heterocycles. The summed E-state index contributed by atoms with van der Waals surface area (Å²) in [6.45, 7) is 10.7. The molecule has 0 spiro atoms. The molecular weight excluding hydrogens is 250 g/mol. The average molecular weight is 283 g/mol. The van der Waals surface area contributed by atoms with Gasteiger partial charge in [-0.15, -0.1) is 0 Å². The molecular formula is C16H33N3O. The number of aliphatic hydroxyl groups is 1. The van der Waals surface area contributed by atoms with Gasteiger partial charge in [-0.1, -0.05) is 20.3 Å². The Labute approximate surface area is 124 Å². The third kappa shape index (κ3) is 3.94. The Hall–Kier alpha value is -0.160. The van der Waals surface area contributed by atoms with E-state index in [1.165, 1.54) is 52.0 Å². The minimum Gasteiger partial charge on any atom is -0.394 e. The number of rotatable bonds is 6. The minimum absolute atomic E-state index is 0.0131. The maximum atomic E-state index is 9.92. The molecule has 20 heavy (non-hydrogen) atoms. The summed E-state index contributed by atoms with van der Waals surface area (Å²) in [4.78, 5) is 5.00. The first kappa shape index (κ1) is 16.2. The first-order valence-corrected chi connectivity index (χ1v) is 8.35. The number of nitrogens with one attached hydrogen (secondary N) is 1. The summed E-state index contributed by atoms with van der Waals surface area (Å²) in [5.74, 6) is 0.634. The van der Waals surface area contributed by atoms with Crippen molar-refractivity contribution < 1.29 is 5.11 Å². The smallest absolute Gasteiger partial charge is 0.0616 e. The molecule has 1 aliphatic heterocycles. The molecule has 118 valence electrons. The molecule has 1 saturated carbocycles. The van der Waals surface area contributed by atoms with Crippen molar-refractivity contribution >= 4 is 0 Å². The molecule has 0 aromatic rings. The van der Waals surface area contributed by atoms with Crippen LogP contribution in [0.2, 0.25) is 0 Å². The van der Waals surface area contributed by atoms with Crippen LogP contribution in [0.4, 0.5) is 0 Å². The summed E-state index contributed by atoms with van der Waals surface area (Å²) in [7, 11) is 2.21. The van der Waals surface area contributed by atoms with E-state index < -0.39 is 0 Å². The highest BCUT2D eigenvalue weighted by atomic mass is 16.3. The maximum Gasteiger partial charge on any atom is 0.0616 e. The molecule has 0 bridgehead atoms. The van der Waals surface area contributed by atoms with Crippen LogP contribution in [-0.4, -0.2) is 72.9 Å². The largest absolute Gasteiger partial charge is 0.394 e. The van der Waals surface area contributed by atoms with Crippen LogP contribution in [0.3, 0.4) is 0 Å². The van der Waals surface area contributed by atoms with Gasteiger partial charge >= 0.3 is 0 Å². The van der Waals surface area contributed by atoms with E-state index in [0.717, 1.165) is 6.42 Å². The van der Waals surface area contributed by atoms with Crippen molar-refractivity contribution in [3.8, 4) is 0 Å². The molecule has 1 heterocycles. The van der Waals surface area contributed by atoms with Gasteiger partial charge in [0.05, 0.1) is 6.61 Å². The van der Waals surface area contributed by atoms with E-state index in [1.807, 2.05) is 0 Å². The van der Waals surface area contributed by atoms with Crippen molar-refractivity contribution in [2.24, 2.45) is 5.92 Å². The second-order valence-electron chi connectivity index (χ2n) is 7.14. The molecule has 0 aromatic heterocycles. The quantitative estimate of drug-likeness (QED) is 0.767. The third-order valence-electron chi connectivity index (χ3n) is 5.20. The highest BCUT2D eigenvalue weighted by Gasteiger charge is 2.42. The number of hydrogen-bond acceptors (Lipinski definition) is 4. The van der Waals surface area contributed by atoms with Crippen molar-refractivity contribution in [2.45, 2.75) is 51.1 Å². The zero-order valence-electron chi connectivity index (χ0n) is 13.6. The Morgan fingerprint density at radius 3 is 2.55 bits per heavy atom. The molecule has 2 rings (SSSR count). The minimum atomic E-state index is -0.0131. The Morgan fingerprint density at radius 2 is 1.95 bits per heavy atom. The van der Waals surface area contributed by atoms with Gasteiger partial charge in [0, 0.05) is 37.8 Å². The number of piperazine rings is 1. The van der Waals surface area contributed by atoms with Gasteiger partial charge in [-0.25, -0.2) is 0 Å². The molecule has 2 aliphatic rings. The van der Waals surface area contributed by atoms with Gasteiger partial charge in [0.2, 0.25) is 0 Å². The van der Waals surface area contributed by atoms with Crippen LogP contribution in [0.15, 0.2) is 0 Å². The zero-order valence-corrected chi connectivity index (χ0v) is 13.6. The standard InChI is InChI=1S/C16H33N3O/c1-14(2)17-16(13-20)7-4-5-15(16)6-8-19-11-9-18(3)10-12-19/h14-15,17,20H,4-13H2,1-3H3. The third-order valence-corrected chi connectivity index (χ3v) is 5.20. The second-order valence-corrected chi connectivity index (χ2v) is 7.14. The van der Waals surface area contributed by atoms with E-state index >= 15 is 0 Å². The molecule has 4 heteroatoms. The number of hydrogen-bond donors (Lipinski definition) is 2. The molecule has 1 aliphatic carbocycles. The topological polar surface area (TPSA) is 38.7 Å². The van der Waals surface area contributed by atoms with Crippen LogP contribution in [-0.2, 0) is 0 Å². The number of nitrogens with zero attached hydrogens (tertiary/aromatic N) is 2. The van der Waals surface area contributed by atoms with Crippen molar-refractivity contribution in [2.75, 3.05) is 46.4 Å². The lowest BCUT2D eigenvalue weighted by Crippen LogP contribution is -2.55. The monoisotopic (exact) mass is 283 g/mol. The summed E-state index contributed by atoms with van der Waals surface area (Å²) in [6.07, 6.45) is 4.89.